The van der Waals surface area contributed by atoms with E-state index in [2.05, 4.69) is 15.6 Å². The van der Waals surface area contributed by atoms with E-state index in [1.807, 2.05) is 0 Å². The fourth-order valence-electron chi connectivity index (χ4n) is 1.19. The SMILES string of the molecule is O=C(CNc1scnc1C(=O)O)NC1CC1. The van der Waals surface area contributed by atoms with Crippen molar-refractivity contribution in [2.45, 2.75) is 18.9 Å². The summed E-state index contributed by atoms with van der Waals surface area (Å²) in [5.74, 6) is -1.21. The predicted molar refractivity (Wildman–Crippen MR) is 58.7 cm³/mol. The number of aromatic nitrogens is 1. The highest BCUT2D eigenvalue weighted by atomic mass is 32.1. The summed E-state index contributed by atoms with van der Waals surface area (Å²) < 4.78 is 0. The molecular weight excluding hydrogens is 230 g/mol. The molecule has 1 aliphatic rings. The van der Waals surface area contributed by atoms with Gasteiger partial charge in [0.25, 0.3) is 0 Å². The molecule has 0 aliphatic heterocycles. The lowest BCUT2D eigenvalue weighted by atomic mass is 10.4. The van der Waals surface area contributed by atoms with Crippen LogP contribution in [0.5, 0.6) is 0 Å². The first-order chi connectivity index (χ1) is 7.66. The maximum atomic E-state index is 11.3. The van der Waals surface area contributed by atoms with Crippen LogP contribution in [0.4, 0.5) is 5.00 Å². The average Bonchev–Trinajstić information content (AvgIpc) is 2.91. The van der Waals surface area contributed by atoms with E-state index in [9.17, 15) is 9.59 Å². The number of anilines is 1. The number of amides is 1. The molecular formula is C9H11N3O3S. The number of hydrogen-bond acceptors (Lipinski definition) is 5. The van der Waals surface area contributed by atoms with Gasteiger partial charge in [0.05, 0.1) is 12.1 Å². The van der Waals surface area contributed by atoms with Crippen LogP contribution in [0, 0.1) is 0 Å². The first-order valence-electron chi connectivity index (χ1n) is 4.87. The summed E-state index contributed by atoms with van der Waals surface area (Å²) in [6.07, 6.45) is 2.07. The number of nitrogens with zero attached hydrogens (tertiary/aromatic N) is 1. The van der Waals surface area contributed by atoms with Crippen molar-refractivity contribution in [2.75, 3.05) is 11.9 Å². The summed E-state index contributed by atoms with van der Waals surface area (Å²) >= 11 is 1.17. The normalized spacial score (nSPS) is 14.5. The molecule has 1 saturated carbocycles. The number of carboxylic acid groups (broad SMARTS) is 1. The van der Waals surface area contributed by atoms with Crippen molar-refractivity contribution in [3.8, 4) is 0 Å². The van der Waals surface area contributed by atoms with Crippen LogP contribution in [-0.2, 0) is 4.79 Å². The van der Waals surface area contributed by atoms with Crippen LogP contribution in [0.3, 0.4) is 0 Å². The van der Waals surface area contributed by atoms with E-state index >= 15 is 0 Å². The lowest BCUT2D eigenvalue weighted by Gasteiger charge is -2.04. The number of hydrogen-bond donors (Lipinski definition) is 3. The van der Waals surface area contributed by atoms with E-state index in [0.29, 0.717) is 11.0 Å². The molecule has 2 rings (SSSR count). The second-order valence-corrected chi connectivity index (χ2v) is 4.39. The van der Waals surface area contributed by atoms with Gasteiger partial charge in [0, 0.05) is 6.04 Å². The molecule has 16 heavy (non-hydrogen) atoms. The number of carboxylic acids is 1. The Bertz CT molecular complexity index is 414. The van der Waals surface area contributed by atoms with Gasteiger partial charge in [-0.1, -0.05) is 0 Å². The Balaban J connectivity index is 1.85. The largest absolute Gasteiger partial charge is 0.476 e. The minimum atomic E-state index is -1.09. The van der Waals surface area contributed by atoms with Crippen LogP contribution >= 0.6 is 11.3 Å². The number of thiazole rings is 1. The highest BCUT2D eigenvalue weighted by Gasteiger charge is 2.23. The number of rotatable bonds is 5. The van der Waals surface area contributed by atoms with Gasteiger partial charge >= 0.3 is 5.97 Å². The molecule has 3 N–H and O–H groups in total. The Labute approximate surface area is 95.7 Å². The van der Waals surface area contributed by atoms with Gasteiger partial charge in [-0.25, -0.2) is 9.78 Å². The molecule has 0 unspecified atom stereocenters. The number of aromatic carboxylic acids is 1. The Kier molecular flexibility index (Phi) is 3.04. The van der Waals surface area contributed by atoms with E-state index < -0.39 is 5.97 Å². The van der Waals surface area contributed by atoms with Gasteiger partial charge in [0.15, 0.2) is 5.69 Å². The lowest BCUT2D eigenvalue weighted by Crippen LogP contribution is -2.31. The van der Waals surface area contributed by atoms with E-state index in [0.717, 1.165) is 12.8 Å². The topological polar surface area (TPSA) is 91.3 Å². The second kappa shape index (κ2) is 4.48. The molecule has 1 amide bonds. The summed E-state index contributed by atoms with van der Waals surface area (Å²) in [4.78, 5) is 25.7. The van der Waals surface area contributed by atoms with E-state index in [4.69, 9.17) is 5.11 Å². The fraction of sp³-hybridized carbons (Fsp3) is 0.444. The van der Waals surface area contributed by atoms with Gasteiger partial charge in [-0.3, -0.25) is 4.79 Å². The summed E-state index contributed by atoms with van der Waals surface area (Å²) in [5, 5.41) is 14.8. The average molecular weight is 241 g/mol. The lowest BCUT2D eigenvalue weighted by molar-refractivity contribution is -0.119. The second-order valence-electron chi connectivity index (χ2n) is 3.53. The first kappa shape index (κ1) is 10.9. The third-order valence-corrected chi connectivity index (χ3v) is 2.91. The van der Waals surface area contributed by atoms with Gasteiger partial charge in [-0.05, 0) is 12.8 Å². The smallest absolute Gasteiger partial charge is 0.357 e. The van der Waals surface area contributed by atoms with Crippen LogP contribution in [0.15, 0.2) is 5.51 Å². The molecule has 0 bridgehead atoms. The predicted octanol–water partition coefficient (Wildman–Crippen LogP) is 0.532. The van der Waals surface area contributed by atoms with Crippen molar-refractivity contribution >= 4 is 28.2 Å². The third kappa shape index (κ3) is 2.69. The van der Waals surface area contributed by atoms with Crippen molar-refractivity contribution in [3.63, 3.8) is 0 Å². The van der Waals surface area contributed by atoms with Crippen molar-refractivity contribution in [1.82, 2.24) is 10.3 Å². The number of carbonyl (C=O) groups is 2. The molecule has 7 heteroatoms. The Hall–Kier alpha value is -1.63. The minimum Gasteiger partial charge on any atom is -0.476 e. The fourth-order valence-corrected chi connectivity index (χ4v) is 1.86. The van der Waals surface area contributed by atoms with Crippen LogP contribution in [0.1, 0.15) is 23.3 Å². The highest BCUT2D eigenvalue weighted by molar-refractivity contribution is 7.14. The molecule has 1 aromatic rings. The molecule has 0 spiro atoms. The highest BCUT2D eigenvalue weighted by Crippen LogP contribution is 2.20. The van der Waals surface area contributed by atoms with Crippen LogP contribution in [0.2, 0.25) is 0 Å². The van der Waals surface area contributed by atoms with Gasteiger partial charge in [-0.15, -0.1) is 11.3 Å². The van der Waals surface area contributed by atoms with Crippen molar-refractivity contribution in [3.05, 3.63) is 11.2 Å². The molecule has 0 radical (unpaired) electrons. The van der Waals surface area contributed by atoms with Crippen molar-refractivity contribution < 1.29 is 14.7 Å². The van der Waals surface area contributed by atoms with Crippen LogP contribution in [0.25, 0.3) is 0 Å². The quantitative estimate of drug-likeness (QED) is 0.699. The zero-order valence-corrected chi connectivity index (χ0v) is 9.21. The van der Waals surface area contributed by atoms with E-state index in [1.165, 1.54) is 16.8 Å². The van der Waals surface area contributed by atoms with E-state index in [-0.39, 0.29) is 18.1 Å². The summed E-state index contributed by atoms with van der Waals surface area (Å²) in [7, 11) is 0. The zero-order chi connectivity index (χ0) is 11.5. The maximum absolute atomic E-state index is 11.3. The zero-order valence-electron chi connectivity index (χ0n) is 8.40. The van der Waals surface area contributed by atoms with Gasteiger partial charge in [0.2, 0.25) is 5.91 Å². The van der Waals surface area contributed by atoms with Crippen molar-refractivity contribution in [1.29, 1.82) is 0 Å². The number of nitrogens with one attached hydrogen (secondary N) is 2. The van der Waals surface area contributed by atoms with Crippen LogP contribution in [-0.4, -0.2) is 34.6 Å². The standard InChI is InChI=1S/C9H11N3O3S/c13-6(12-5-1-2-5)3-10-8-7(9(14)15)11-4-16-8/h4-5,10H,1-3H2,(H,12,13)(H,14,15). The maximum Gasteiger partial charge on any atom is 0.357 e. The Morgan fingerprint density at radius 1 is 1.56 bits per heavy atom. The molecule has 1 aliphatic carbocycles. The van der Waals surface area contributed by atoms with E-state index in [1.54, 1.807) is 0 Å². The van der Waals surface area contributed by atoms with Gasteiger partial charge in [0.1, 0.15) is 5.00 Å². The summed E-state index contributed by atoms with van der Waals surface area (Å²) in [6, 6.07) is 0.315. The molecule has 1 heterocycles. The number of carbonyl (C=O) groups excluding carboxylic acids is 1. The molecule has 0 saturated heterocycles. The van der Waals surface area contributed by atoms with Gasteiger partial charge < -0.3 is 15.7 Å². The minimum absolute atomic E-state index is 0.0378. The van der Waals surface area contributed by atoms with Crippen molar-refractivity contribution in [2.24, 2.45) is 0 Å². The summed E-state index contributed by atoms with van der Waals surface area (Å²) in [5.41, 5.74) is 1.40. The third-order valence-electron chi connectivity index (χ3n) is 2.12. The molecule has 1 fully saturated rings. The molecule has 0 atom stereocenters. The first-order valence-corrected chi connectivity index (χ1v) is 5.75. The molecule has 1 aromatic heterocycles. The molecule has 6 nitrogen and oxygen atoms in total. The van der Waals surface area contributed by atoms with Gasteiger partial charge in [-0.2, -0.15) is 0 Å². The summed E-state index contributed by atoms with van der Waals surface area (Å²) in [6.45, 7) is 0.0823. The van der Waals surface area contributed by atoms with Crippen LogP contribution < -0.4 is 10.6 Å². The molecule has 86 valence electrons. The Morgan fingerprint density at radius 2 is 2.31 bits per heavy atom. The monoisotopic (exact) mass is 241 g/mol. The Morgan fingerprint density at radius 3 is 2.94 bits per heavy atom. The molecule has 0 aromatic carbocycles.